The maximum absolute atomic E-state index is 12.6. The van der Waals surface area contributed by atoms with Crippen molar-refractivity contribution in [3.8, 4) is 0 Å². The van der Waals surface area contributed by atoms with E-state index >= 15 is 0 Å². The number of halogens is 1. The Labute approximate surface area is 58.9 Å². The molecule has 3 nitrogen and oxygen atoms in total. The smallest absolute Gasteiger partial charge is 0.237 e. The molecule has 0 aliphatic carbocycles. The predicted molar refractivity (Wildman–Crippen MR) is 34.6 cm³/mol. The van der Waals surface area contributed by atoms with Gasteiger partial charge in [-0.1, -0.05) is 6.92 Å². The molecule has 1 aliphatic rings. The van der Waals surface area contributed by atoms with Crippen LogP contribution >= 0.6 is 0 Å². The maximum Gasteiger partial charge on any atom is 0.237 e. The highest BCUT2D eigenvalue weighted by Gasteiger charge is 2.33. The van der Waals surface area contributed by atoms with Crippen molar-refractivity contribution in [2.24, 2.45) is 11.7 Å². The van der Waals surface area contributed by atoms with Gasteiger partial charge in [0.25, 0.3) is 0 Å². The van der Waals surface area contributed by atoms with Crippen LogP contribution in [-0.2, 0) is 4.79 Å². The number of hydrogen-bond donors (Lipinski definition) is 1. The molecule has 0 aromatic heterocycles. The Bertz CT molecular complexity index is 151. The molecular formula is C6H11FN2O. The van der Waals surface area contributed by atoms with E-state index in [1.807, 2.05) is 6.92 Å². The first-order chi connectivity index (χ1) is 4.61. The summed E-state index contributed by atoms with van der Waals surface area (Å²) in [6.45, 7) is 2.23. The van der Waals surface area contributed by atoms with Gasteiger partial charge in [0.1, 0.15) is 6.04 Å². The van der Waals surface area contributed by atoms with Crippen LogP contribution < -0.4 is 5.73 Å². The zero-order valence-electron chi connectivity index (χ0n) is 5.88. The van der Waals surface area contributed by atoms with E-state index in [1.165, 1.54) is 0 Å². The largest absolute Gasteiger partial charge is 0.368 e. The number of amides is 1. The van der Waals surface area contributed by atoms with Crippen LogP contribution in [0.25, 0.3) is 0 Å². The maximum atomic E-state index is 12.6. The molecule has 0 spiro atoms. The predicted octanol–water partition coefficient (Wildman–Crippen LogP) is 0.0666. The first-order valence-electron chi connectivity index (χ1n) is 3.33. The van der Waals surface area contributed by atoms with E-state index in [-0.39, 0.29) is 5.92 Å². The number of nitrogens with two attached hydrogens (primary N) is 1. The highest BCUT2D eigenvalue weighted by molar-refractivity contribution is 5.79. The average Bonchev–Trinajstić information content (AvgIpc) is 2.10. The van der Waals surface area contributed by atoms with Crippen LogP contribution in [0.4, 0.5) is 4.48 Å². The number of nitrogens with zero attached hydrogens (tertiary/aromatic N) is 1. The fourth-order valence-electron chi connectivity index (χ4n) is 1.25. The second kappa shape index (κ2) is 2.54. The summed E-state index contributed by atoms with van der Waals surface area (Å²) in [4.78, 5) is 10.5. The Morgan fingerprint density at radius 3 is 2.60 bits per heavy atom. The Morgan fingerprint density at radius 1 is 1.80 bits per heavy atom. The van der Waals surface area contributed by atoms with Gasteiger partial charge in [0, 0.05) is 6.54 Å². The third-order valence-corrected chi connectivity index (χ3v) is 1.78. The van der Waals surface area contributed by atoms with E-state index in [1.54, 1.807) is 0 Å². The van der Waals surface area contributed by atoms with Crippen molar-refractivity contribution in [1.29, 1.82) is 0 Å². The molecule has 1 heterocycles. The standard InChI is InChI=1S/C6H11FN2O/c1-4-2-5(6(8)10)9(7)3-4/h4-5H,2-3H2,1H3,(H2,8,10). The highest BCUT2D eigenvalue weighted by Crippen LogP contribution is 2.22. The minimum atomic E-state index is -0.685. The molecule has 1 amide bonds. The average molecular weight is 146 g/mol. The summed E-state index contributed by atoms with van der Waals surface area (Å²) in [5, 5.41) is 0.521. The number of carbonyl (C=O) groups excluding carboxylic acids is 1. The lowest BCUT2D eigenvalue weighted by Gasteiger charge is -2.08. The highest BCUT2D eigenvalue weighted by atomic mass is 19.2. The number of carbonyl (C=O) groups is 1. The fraction of sp³-hybridized carbons (Fsp3) is 0.833. The number of primary amides is 1. The molecule has 2 N–H and O–H groups in total. The van der Waals surface area contributed by atoms with Crippen LogP contribution in [0.2, 0.25) is 0 Å². The monoisotopic (exact) mass is 146 g/mol. The van der Waals surface area contributed by atoms with Crippen molar-refractivity contribution < 1.29 is 9.28 Å². The van der Waals surface area contributed by atoms with Crippen molar-refractivity contribution >= 4 is 5.91 Å². The molecule has 0 radical (unpaired) electrons. The molecule has 0 bridgehead atoms. The summed E-state index contributed by atoms with van der Waals surface area (Å²) in [7, 11) is 0. The molecule has 1 rings (SSSR count). The molecule has 4 heteroatoms. The summed E-state index contributed by atoms with van der Waals surface area (Å²) in [5.74, 6) is -0.325. The zero-order chi connectivity index (χ0) is 7.72. The van der Waals surface area contributed by atoms with Gasteiger partial charge in [-0.2, -0.15) is 0 Å². The Morgan fingerprint density at radius 2 is 2.40 bits per heavy atom. The van der Waals surface area contributed by atoms with Crippen LogP contribution in [0.1, 0.15) is 13.3 Å². The van der Waals surface area contributed by atoms with Crippen LogP contribution in [0.3, 0.4) is 0 Å². The van der Waals surface area contributed by atoms with E-state index < -0.39 is 11.9 Å². The lowest BCUT2D eigenvalue weighted by molar-refractivity contribution is -0.127. The van der Waals surface area contributed by atoms with Gasteiger partial charge in [0.2, 0.25) is 5.91 Å². The van der Waals surface area contributed by atoms with Crippen molar-refractivity contribution in [2.45, 2.75) is 19.4 Å². The molecule has 2 atom stereocenters. The lowest BCUT2D eigenvalue weighted by Crippen LogP contribution is -2.35. The molecule has 1 aliphatic heterocycles. The number of rotatable bonds is 1. The third-order valence-electron chi connectivity index (χ3n) is 1.78. The molecule has 10 heavy (non-hydrogen) atoms. The van der Waals surface area contributed by atoms with E-state index in [9.17, 15) is 9.28 Å². The van der Waals surface area contributed by atoms with Crippen LogP contribution in [0, 0.1) is 5.92 Å². The summed E-state index contributed by atoms with van der Waals surface area (Å²) in [5.41, 5.74) is 4.93. The minimum absolute atomic E-state index is 0.238. The van der Waals surface area contributed by atoms with Gasteiger partial charge in [-0.3, -0.25) is 4.79 Å². The lowest BCUT2D eigenvalue weighted by atomic mass is 10.1. The SMILES string of the molecule is CC1CC(C(N)=O)N(F)C1. The minimum Gasteiger partial charge on any atom is -0.368 e. The van der Waals surface area contributed by atoms with Crippen molar-refractivity contribution in [1.82, 2.24) is 5.12 Å². The fourth-order valence-corrected chi connectivity index (χ4v) is 1.25. The van der Waals surface area contributed by atoms with Gasteiger partial charge >= 0.3 is 0 Å². The normalized spacial score (nSPS) is 34.6. The number of hydrogen-bond acceptors (Lipinski definition) is 2. The summed E-state index contributed by atoms with van der Waals surface area (Å²) < 4.78 is 12.6. The second-order valence-electron chi connectivity index (χ2n) is 2.84. The van der Waals surface area contributed by atoms with Gasteiger partial charge in [-0.05, 0) is 12.3 Å². The van der Waals surface area contributed by atoms with Gasteiger partial charge in [0.05, 0.1) is 0 Å². The van der Waals surface area contributed by atoms with Gasteiger partial charge in [-0.25, -0.2) is 0 Å². The second-order valence-corrected chi connectivity index (χ2v) is 2.84. The first kappa shape index (κ1) is 7.47. The quantitative estimate of drug-likeness (QED) is 0.532. The van der Waals surface area contributed by atoms with Gasteiger partial charge in [-0.15, -0.1) is 9.60 Å². The summed E-state index contributed by atoms with van der Waals surface area (Å²) in [6, 6.07) is -0.685. The third kappa shape index (κ3) is 1.26. The van der Waals surface area contributed by atoms with Crippen LogP contribution in [0.5, 0.6) is 0 Å². The van der Waals surface area contributed by atoms with Crippen molar-refractivity contribution in [3.05, 3.63) is 0 Å². The van der Waals surface area contributed by atoms with Gasteiger partial charge in [0.15, 0.2) is 0 Å². The summed E-state index contributed by atoms with van der Waals surface area (Å²) in [6.07, 6.45) is 0.547. The molecular weight excluding hydrogens is 135 g/mol. The van der Waals surface area contributed by atoms with E-state index in [4.69, 9.17) is 5.73 Å². The topological polar surface area (TPSA) is 46.3 Å². The Hall–Kier alpha value is -0.640. The molecule has 2 unspecified atom stereocenters. The van der Waals surface area contributed by atoms with Gasteiger partial charge < -0.3 is 5.73 Å². The Kier molecular flexibility index (Phi) is 1.89. The van der Waals surface area contributed by atoms with E-state index in [0.29, 0.717) is 18.1 Å². The van der Waals surface area contributed by atoms with Crippen LogP contribution in [0.15, 0.2) is 0 Å². The molecule has 0 saturated carbocycles. The summed E-state index contributed by atoms with van der Waals surface area (Å²) >= 11 is 0. The Balaban J connectivity index is 2.54. The molecule has 1 fully saturated rings. The van der Waals surface area contributed by atoms with Crippen LogP contribution in [-0.4, -0.2) is 23.6 Å². The molecule has 0 aromatic carbocycles. The zero-order valence-corrected chi connectivity index (χ0v) is 5.88. The van der Waals surface area contributed by atoms with E-state index in [2.05, 4.69) is 0 Å². The first-order valence-corrected chi connectivity index (χ1v) is 3.33. The molecule has 0 aromatic rings. The molecule has 58 valence electrons. The van der Waals surface area contributed by atoms with Crippen molar-refractivity contribution in [3.63, 3.8) is 0 Å². The molecule has 1 saturated heterocycles. The van der Waals surface area contributed by atoms with E-state index in [0.717, 1.165) is 0 Å². The van der Waals surface area contributed by atoms with Crippen molar-refractivity contribution in [2.75, 3.05) is 6.54 Å².